The molecule has 3 heterocycles. The number of hydrogen-bond acceptors (Lipinski definition) is 5. The van der Waals surface area contributed by atoms with E-state index in [9.17, 15) is 14.7 Å². The number of carbonyl (C=O) groups excluding carboxylic acids is 1. The van der Waals surface area contributed by atoms with Gasteiger partial charge in [0.25, 0.3) is 5.91 Å². The van der Waals surface area contributed by atoms with Gasteiger partial charge in [0.05, 0.1) is 18.9 Å². The van der Waals surface area contributed by atoms with Gasteiger partial charge in [-0.2, -0.15) is 5.10 Å². The van der Waals surface area contributed by atoms with Crippen LogP contribution in [0.15, 0.2) is 24.4 Å². The van der Waals surface area contributed by atoms with E-state index >= 15 is 0 Å². The highest BCUT2D eigenvalue weighted by molar-refractivity contribution is 5.96. The van der Waals surface area contributed by atoms with E-state index in [1.807, 2.05) is 13.0 Å². The summed E-state index contributed by atoms with van der Waals surface area (Å²) >= 11 is 0. The van der Waals surface area contributed by atoms with E-state index in [4.69, 9.17) is 9.47 Å². The van der Waals surface area contributed by atoms with Crippen LogP contribution in [0.5, 0.6) is 11.5 Å². The number of H-pyrrole nitrogens is 1. The molecule has 1 fully saturated rings. The molecule has 8 nitrogen and oxygen atoms in total. The number of benzene rings is 1. The van der Waals surface area contributed by atoms with Crippen LogP contribution in [-0.2, 0) is 11.2 Å². The number of aryl methyl sites for hydroxylation is 1. The van der Waals surface area contributed by atoms with Crippen molar-refractivity contribution in [3.05, 3.63) is 41.2 Å². The van der Waals surface area contributed by atoms with Crippen LogP contribution in [-0.4, -0.2) is 58.9 Å². The summed E-state index contributed by atoms with van der Waals surface area (Å²) in [5, 5.41) is 16.9. The average Bonchev–Trinajstić information content (AvgIpc) is 3.32. The van der Waals surface area contributed by atoms with Crippen LogP contribution in [0.2, 0.25) is 0 Å². The van der Waals surface area contributed by atoms with Gasteiger partial charge in [-0.25, -0.2) is 0 Å². The fourth-order valence-electron chi connectivity index (χ4n) is 4.26. The molecule has 0 saturated carbocycles. The van der Waals surface area contributed by atoms with Crippen LogP contribution in [0.25, 0.3) is 0 Å². The highest BCUT2D eigenvalue weighted by Crippen LogP contribution is 2.50. The molecule has 28 heavy (non-hydrogen) atoms. The van der Waals surface area contributed by atoms with E-state index < -0.39 is 11.4 Å². The lowest BCUT2D eigenvalue weighted by Gasteiger charge is -2.35. The smallest absolute Gasteiger partial charge is 0.315 e. The first-order valence-corrected chi connectivity index (χ1v) is 9.35. The molecule has 0 spiro atoms. The molecular formula is C20H23N3O5. The summed E-state index contributed by atoms with van der Waals surface area (Å²) in [6, 6.07) is 5.39. The number of amides is 1. The second-order valence-corrected chi connectivity index (χ2v) is 7.40. The zero-order chi connectivity index (χ0) is 19.9. The van der Waals surface area contributed by atoms with Gasteiger partial charge in [0.15, 0.2) is 0 Å². The molecule has 4 rings (SSSR count). The molecular weight excluding hydrogens is 362 g/mol. The van der Waals surface area contributed by atoms with Crippen molar-refractivity contribution in [3.8, 4) is 11.5 Å². The number of nitrogens with zero attached hydrogens (tertiary/aromatic N) is 2. The molecule has 8 heteroatoms. The number of aromatic nitrogens is 2. The Morgan fingerprint density at radius 1 is 1.46 bits per heavy atom. The van der Waals surface area contributed by atoms with Crippen molar-refractivity contribution >= 4 is 11.9 Å². The minimum atomic E-state index is -1.16. The first-order valence-electron chi connectivity index (χ1n) is 9.35. The molecule has 2 aliphatic heterocycles. The Balaban J connectivity index is 1.68. The van der Waals surface area contributed by atoms with Crippen molar-refractivity contribution in [2.75, 3.05) is 26.8 Å². The molecule has 2 aromatic rings. The van der Waals surface area contributed by atoms with Crippen molar-refractivity contribution < 1.29 is 24.2 Å². The highest BCUT2D eigenvalue weighted by Gasteiger charge is 2.57. The topological polar surface area (TPSA) is 105 Å². The molecule has 1 saturated heterocycles. The first kappa shape index (κ1) is 18.3. The van der Waals surface area contributed by atoms with Gasteiger partial charge in [-0.1, -0.05) is 19.4 Å². The maximum Gasteiger partial charge on any atom is 0.315 e. The lowest BCUT2D eigenvalue weighted by Crippen LogP contribution is -2.46. The number of carboxylic acids is 1. The molecule has 1 amide bonds. The number of likely N-dealkylation sites (tertiary alicyclic amines) is 1. The molecule has 2 atom stereocenters. The van der Waals surface area contributed by atoms with Gasteiger partial charge in [-0.15, -0.1) is 0 Å². The lowest BCUT2D eigenvalue weighted by atomic mass is 9.73. The lowest BCUT2D eigenvalue weighted by molar-refractivity contribution is -0.151. The fourth-order valence-corrected chi connectivity index (χ4v) is 4.26. The standard InChI is InChI=1S/C20H23N3O5/c1-3-4-16-14(8-21-22-16)18(24)23-9-15-13-6-5-12(27-2)7-17(13)28-11-20(15,10-23)19(25)26/h5-8,15H,3-4,9-11H2,1-2H3,(H,21,22)(H,25,26)/t15-,20-/m1/s1. The Hall–Kier alpha value is -3.03. The monoisotopic (exact) mass is 385 g/mol. The maximum atomic E-state index is 13.1. The van der Waals surface area contributed by atoms with Gasteiger partial charge in [-0.3, -0.25) is 14.7 Å². The van der Waals surface area contributed by atoms with Crippen molar-refractivity contribution in [2.24, 2.45) is 5.41 Å². The zero-order valence-electron chi connectivity index (χ0n) is 15.9. The third-order valence-electron chi connectivity index (χ3n) is 5.79. The maximum absolute atomic E-state index is 13.1. The number of ether oxygens (including phenoxy) is 2. The largest absolute Gasteiger partial charge is 0.497 e. The third-order valence-corrected chi connectivity index (χ3v) is 5.79. The van der Waals surface area contributed by atoms with E-state index in [1.54, 1.807) is 24.1 Å². The van der Waals surface area contributed by atoms with Crippen molar-refractivity contribution in [1.29, 1.82) is 0 Å². The quantitative estimate of drug-likeness (QED) is 0.816. The minimum absolute atomic E-state index is 0.0180. The summed E-state index contributed by atoms with van der Waals surface area (Å²) in [7, 11) is 1.57. The molecule has 2 N–H and O–H groups in total. The predicted molar refractivity (Wildman–Crippen MR) is 99.8 cm³/mol. The summed E-state index contributed by atoms with van der Waals surface area (Å²) < 4.78 is 11.0. The van der Waals surface area contributed by atoms with Gasteiger partial charge < -0.3 is 19.5 Å². The van der Waals surface area contributed by atoms with Crippen LogP contribution in [0.4, 0.5) is 0 Å². The van der Waals surface area contributed by atoms with Crippen LogP contribution in [0.3, 0.4) is 0 Å². The Morgan fingerprint density at radius 3 is 3.00 bits per heavy atom. The Morgan fingerprint density at radius 2 is 2.29 bits per heavy atom. The molecule has 1 aromatic heterocycles. The van der Waals surface area contributed by atoms with E-state index in [2.05, 4.69) is 10.2 Å². The van der Waals surface area contributed by atoms with Crippen LogP contribution in [0, 0.1) is 5.41 Å². The Kier molecular flexibility index (Phi) is 4.49. The van der Waals surface area contributed by atoms with Gasteiger partial charge in [-0.05, 0) is 12.5 Å². The first-order chi connectivity index (χ1) is 13.5. The molecule has 148 valence electrons. The summed E-state index contributed by atoms with van der Waals surface area (Å²) in [6.45, 7) is 2.48. The molecule has 0 radical (unpaired) electrons. The average molecular weight is 385 g/mol. The van der Waals surface area contributed by atoms with Crippen LogP contribution in [0.1, 0.15) is 40.9 Å². The van der Waals surface area contributed by atoms with Gasteiger partial charge in [0.1, 0.15) is 23.5 Å². The molecule has 2 aliphatic rings. The number of fused-ring (bicyclic) bond motifs is 3. The minimum Gasteiger partial charge on any atom is -0.497 e. The zero-order valence-corrected chi connectivity index (χ0v) is 15.9. The third kappa shape index (κ3) is 2.71. The molecule has 0 aliphatic carbocycles. The number of aromatic amines is 1. The summed E-state index contributed by atoms with van der Waals surface area (Å²) in [5.41, 5.74) is 0.932. The predicted octanol–water partition coefficient (Wildman–Crippen LogP) is 2.07. The van der Waals surface area contributed by atoms with E-state index in [0.29, 0.717) is 30.0 Å². The normalized spacial score (nSPS) is 22.9. The van der Waals surface area contributed by atoms with Crippen LogP contribution >= 0.6 is 0 Å². The van der Waals surface area contributed by atoms with E-state index in [0.717, 1.165) is 17.7 Å². The number of rotatable bonds is 5. The van der Waals surface area contributed by atoms with Crippen LogP contribution < -0.4 is 9.47 Å². The number of aliphatic carboxylic acids is 1. The number of methoxy groups -OCH3 is 1. The van der Waals surface area contributed by atoms with Gasteiger partial charge >= 0.3 is 5.97 Å². The summed E-state index contributed by atoms with van der Waals surface area (Å²) in [5.74, 6) is -0.219. The Labute approximate surface area is 162 Å². The highest BCUT2D eigenvalue weighted by atomic mass is 16.5. The number of hydrogen-bond donors (Lipinski definition) is 2. The van der Waals surface area contributed by atoms with Crippen molar-refractivity contribution in [1.82, 2.24) is 15.1 Å². The second kappa shape index (κ2) is 6.85. The molecule has 0 bridgehead atoms. The Bertz CT molecular complexity index is 924. The summed E-state index contributed by atoms with van der Waals surface area (Å²) in [4.78, 5) is 27.0. The van der Waals surface area contributed by atoms with E-state index in [1.165, 1.54) is 6.20 Å². The summed E-state index contributed by atoms with van der Waals surface area (Å²) in [6.07, 6.45) is 3.12. The van der Waals surface area contributed by atoms with Crippen molar-refractivity contribution in [2.45, 2.75) is 25.7 Å². The number of nitrogens with one attached hydrogen (secondary N) is 1. The number of carbonyl (C=O) groups is 2. The van der Waals surface area contributed by atoms with E-state index in [-0.39, 0.29) is 25.0 Å². The number of carboxylic acid groups (broad SMARTS) is 1. The van der Waals surface area contributed by atoms with Gasteiger partial charge in [0.2, 0.25) is 0 Å². The SMILES string of the molecule is CCCc1[nH]ncc1C(=O)N1C[C@@H]2c3ccc(OC)cc3OC[C@]2(C(=O)O)C1. The van der Waals surface area contributed by atoms with Gasteiger partial charge in [0, 0.05) is 36.3 Å². The fraction of sp³-hybridized carbons (Fsp3) is 0.450. The molecule has 0 unspecified atom stereocenters. The second-order valence-electron chi connectivity index (χ2n) is 7.40. The van der Waals surface area contributed by atoms with Crippen molar-refractivity contribution in [3.63, 3.8) is 0 Å². The molecule has 1 aromatic carbocycles.